The van der Waals surface area contributed by atoms with E-state index >= 15 is 0 Å². The van der Waals surface area contributed by atoms with Crippen LogP contribution in [0.2, 0.25) is 0 Å². The summed E-state index contributed by atoms with van der Waals surface area (Å²) in [6, 6.07) is 17.4. The number of nitrogens with two attached hydrogens (primary N) is 1. The van der Waals surface area contributed by atoms with Crippen LogP contribution in [0, 0.1) is 6.92 Å². The summed E-state index contributed by atoms with van der Waals surface area (Å²) in [5, 5.41) is 21.3. The van der Waals surface area contributed by atoms with Crippen molar-refractivity contribution >= 4 is 34.1 Å². The molecule has 2 heterocycles. The molecule has 5 N–H and O–H groups in total. The molecule has 0 saturated carbocycles. The SMILES string of the molecule is Cc1cc(NCC(O)(CN2CCCc3ccccc32)C(F)(F)F)c2cnn(-c3cccc(C(=O)NCC(N)=O)c3)c2c1. The van der Waals surface area contributed by atoms with Crippen molar-refractivity contribution in [1.29, 1.82) is 0 Å². The molecule has 0 saturated heterocycles. The fourth-order valence-electron chi connectivity index (χ4n) is 5.25. The van der Waals surface area contributed by atoms with Crippen LogP contribution in [0.4, 0.5) is 24.5 Å². The van der Waals surface area contributed by atoms with E-state index in [1.54, 1.807) is 59.0 Å². The van der Waals surface area contributed by atoms with Crippen LogP contribution in [0.5, 0.6) is 0 Å². The molecule has 1 aromatic heterocycles. The number of para-hydroxylation sites is 1. The molecule has 5 rings (SSSR count). The van der Waals surface area contributed by atoms with Crippen molar-refractivity contribution in [3.8, 4) is 5.69 Å². The summed E-state index contributed by atoms with van der Waals surface area (Å²) >= 11 is 0. The third-order valence-electron chi connectivity index (χ3n) is 7.37. The van der Waals surface area contributed by atoms with Crippen molar-refractivity contribution < 1.29 is 27.9 Å². The molecule has 220 valence electrons. The summed E-state index contributed by atoms with van der Waals surface area (Å²) in [7, 11) is 0. The molecule has 0 bridgehead atoms. The average molecular weight is 581 g/mol. The van der Waals surface area contributed by atoms with Gasteiger partial charge in [0, 0.05) is 28.9 Å². The molecule has 0 fully saturated rings. The summed E-state index contributed by atoms with van der Waals surface area (Å²) in [4.78, 5) is 25.1. The normalized spacial score (nSPS) is 14.7. The lowest BCUT2D eigenvalue weighted by Crippen LogP contribution is -2.58. The molecule has 12 heteroatoms. The third kappa shape index (κ3) is 5.89. The minimum absolute atomic E-state index is 0.276. The fraction of sp³-hybridized carbons (Fsp3) is 0.300. The molecule has 0 radical (unpaired) electrons. The number of benzene rings is 3. The Balaban J connectivity index is 1.42. The van der Waals surface area contributed by atoms with Gasteiger partial charge in [-0.1, -0.05) is 24.3 Å². The van der Waals surface area contributed by atoms with E-state index in [1.807, 2.05) is 18.2 Å². The highest BCUT2D eigenvalue weighted by molar-refractivity contribution is 5.97. The van der Waals surface area contributed by atoms with Crippen LogP contribution < -0.4 is 21.3 Å². The van der Waals surface area contributed by atoms with Crippen molar-refractivity contribution in [3.63, 3.8) is 0 Å². The lowest BCUT2D eigenvalue weighted by molar-refractivity contribution is -0.250. The highest BCUT2D eigenvalue weighted by Gasteiger charge is 2.54. The highest BCUT2D eigenvalue weighted by atomic mass is 19.4. The Labute approximate surface area is 240 Å². The molecular weight excluding hydrogens is 549 g/mol. The van der Waals surface area contributed by atoms with Crippen molar-refractivity contribution in [2.45, 2.75) is 31.5 Å². The van der Waals surface area contributed by atoms with Crippen LogP contribution in [0.15, 0.2) is 66.9 Å². The van der Waals surface area contributed by atoms with Gasteiger partial charge in [0.25, 0.3) is 5.91 Å². The fourth-order valence-corrected chi connectivity index (χ4v) is 5.25. The lowest BCUT2D eigenvalue weighted by Gasteiger charge is -2.39. The van der Waals surface area contributed by atoms with Crippen LogP contribution in [0.3, 0.4) is 0 Å². The van der Waals surface area contributed by atoms with Gasteiger partial charge in [-0.05, 0) is 67.3 Å². The van der Waals surface area contributed by atoms with E-state index in [1.165, 1.54) is 6.20 Å². The van der Waals surface area contributed by atoms with Gasteiger partial charge in [0.2, 0.25) is 5.91 Å². The van der Waals surface area contributed by atoms with Gasteiger partial charge in [0.15, 0.2) is 5.60 Å². The smallest absolute Gasteiger partial charge is 0.381 e. The minimum Gasteiger partial charge on any atom is -0.381 e. The summed E-state index contributed by atoms with van der Waals surface area (Å²) < 4.78 is 44.7. The monoisotopic (exact) mass is 580 g/mol. The number of carbonyl (C=O) groups is 2. The van der Waals surface area contributed by atoms with Crippen LogP contribution in [-0.2, 0) is 11.2 Å². The molecule has 42 heavy (non-hydrogen) atoms. The number of anilines is 2. The molecule has 1 aliphatic heterocycles. The molecule has 0 aliphatic carbocycles. The van der Waals surface area contributed by atoms with Crippen molar-refractivity contribution in [3.05, 3.63) is 83.6 Å². The second-order valence-electron chi connectivity index (χ2n) is 10.5. The van der Waals surface area contributed by atoms with Gasteiger partial charge >= 0.3 is 6.18 Å². The Morgan fingerprint density at radius 2 is 1.88 bits per heavy atom. The number of rotatable bonds is 9. The van der Waals surface area contributed by atoms with E-state index in [4.69, 9.17) is 5.73 Å². The Bertz CT molecular complexity index is 1640. The van der Waals surface area contributed by atoms with E-state index in [0.29, 0.717) is 40.9 Å². The predicted octanol–water partition coefficient (Wildman–Crippen LogP) is 3.71. The van der Waals surface area contributed by atoms with Gasteiger partial charge in [-0.2, -0.15) is 18.3 Å². The van der Waals surface area contributed by atoms with Gasteiger partial charge in [-0.15, -0.1) is 0 Å². The third-order valence-corrected chi connectivity index (χ3v) is 7.37. The van der Waals surface area contributed by atoms with Crippen molar-refractivity contribution in [1.82, 2.24) is 15.1 Å². The highest BCUT2D eigenvalue weighted by Crippen LogP contribution is 2.36. The zero-order valence-electron chi connectivity index (χ0n) is 22.9. The number of nitrogens with zero attached hydrogens (tertiary/aromatic N) is 3. The molecule has 0 spiro atoms. The Hall–Kier alpha value is -4.58. The van der Waals surface area contributed by atoms with Crippen LogP contribution in [0.1, 0.15) is 27.9 Å². The van der Waals surface area contributed by atoms with Crippen LogP contribution in [0.25, 0.3) is 16.6 Å². The lowest BCUT2D eigenvalue weighted by atomic mass is 9.97. The Morgan fingerprint density at radius 1 is 1.10 bits per heavy atom. The molecule has 1 unspecified atom stereocenters. The molecule has 2 amide bonds. The van der Waals surface area contributed by atoms with Gasteiger partial charge < -0.3 is 26.4 Å². The number of alkyl halides is 3. The summed E-state index contributed by atoms with van der Waals surface area (Å²) in [6.45, 7) is 0.525. The molecule has 9 nitrogen and oxygen atoms in total. The van der Waals surface area contributed by atoms with Crippen LogP contribution in [-0.4, -0.2) is 64.7 Å². The quantitative estimate of drug-likeness (QED) is 0.239. The first-order chi connectivity index (χ1) is 19.9. The number of primary amides is 1. The Kier molecular flexibility index (Phi) is 7.83. The van der Waals surface area contributed by atoms with Crippen molar-refractivity contribution in [2.24, 2.45) is 5.73 Å². The number of β-amino-alcohol motifs (C(OH)–C–C–N with tert-alkyl or cyclic N) is 1. The topological polar surface area (TPSA) is 126 Å². The number of hydrogen-bond acceptors (Lipinski definition) is 6. The second kappa shape index (κ2) is 11.4. The first kappa shape index (κ1) is 28.9. The molecule has 1 aliphatic rings. The number of fused-ring (bicyclic) bond motifs is 2. The summed E-state index contributed by atoms with van der Waals surface area (Å²) in [5.74, 6) is -1.17. The van der Waals surface area contributed by atoms with Gasteiger partial charge in [-0.3, -0.25) is 9.59 Å². The zero-order valence-corrected chi connectivity index (χ0v) is 22.9. The maximum atomic E-state index is 14.4. The van der Waals surface area contributed by atoms with E-state index in [9.17, 15) is 27.9 Å². The Morgan fingerprint density at radius 3 is 2.64 bits per heavy atom. The van der Waals surface area contributed by atoms with Gasteiger partial charge in [0.1, 0.15) is 0 Å². The number of amides is 2. The number of halogens is 3. The van der Waals surface area contributed by atoms with Gasteiger partial charge in [-0.25, -0.2) is 4.68 Å². The van der Waals surface area contributed by atoms with E-state index < -0.39 is 36.7 Å². The number of hydrogen-bond donors (Lipinski definition) is 4. The maximum Gasteiger partial charge on any atom is 0.420 e. The second-order valence-corrected chi connectivity index (χ2v) is 10.5. The molecular formula is C30H31F3N6O3. The van der Waals surface area contributed by atoms with E-state index in [2.05, 4.69) is 15.7 Å². The van der Waals surface area contributed by atoms with E-state index in [0.717, 1.165) is 17.5 Å². The number of aliphatic hydroxyl groups is 1. The number of aromatic nitrogens is 2. The zero-order chi connectivity index (χ0) is 30.1. The first-order valence-electron chi connectivity index (χ1n) is 13.5. The van der Waals surface area contributed by atoms with E-state index in [-0.39, 0.29) is 12.1 Å². The van der Waals surface area contributed by atoms with Crippen molar-refractivity contribution in [2.75, 3.05) is 36.4 Å². The number of carbonyl (C=O) groups excluding carboxylic acids is 2. The van der Waals surface area contributed by atoms with Crippen LogP contribution >= 0.6 is 0 Å². The summed E-state index contributed by atoms with van der Waals surface area (Å²) in [6.07, 6.45) is -1.90. The number of aryl methyl sites for hydroxylation is 2. The molecule has 4 aromatic rings. The number of nitrogens with one attached hydrogen (secondary N) is 2. The summed E-state index contributed by atoms with van der Waals surface area (Å²) in [5.41, 5.74) is 6.27. The molecule has 3 aromatic carbocycles. The maximum absolute atomic E-state index is 14.4. The average Bonchev–Trinajstić information content (AvgIpc) is 3.38. The minimum atomic E-state index is -4.89. The standard InChI is InChI=1S/C30H31F3N6O3/c1-19-12-24(36-17-29(42,30(31,32)33)18-38-11-5-8-20-6-2-3-10-25(20)38)23-15-37-39(26(23)13-19)22-9-4-7-21(14-22)28(41)35-16-27(34)40/h2-4,6-7,9-10,12-15,36,42H,5,8,11,16-18H2,1H3,(H2,34,40)(H,35,41). The molecule has 1 atom stereocenters. The largest absolute Gasteiger partial charge is 0.420 e. The van der Waals surface area contributed by atoms with Gasteiger partial charge in [0.05, 0.1) is 37.0 Å². The predicted molar refractivity (Wildman–Crippen MR) is 154 cm³/mol. The first-order valence-corrected chi connectivity index (χ1v) is 13.5.